The van der Waals surface area contributed by atoms with E-state index in [1.54, 1.807) is 17.6 Å². The summed E-state index contributed by atoms with van der Waals surface area (Å²) in [5, 5.41) is 2.05. The number of thiophene rings is 1. The summed E-state index contributed by atoms with van der Waals surface area (Å²) >= 11 is 6.51. The van der Waals surface area contributed by atoms with Crippen LogP contribution in [0.5, 0.6) is 0 Å². The number of rotatable bonds is 1. The van der Waals surface area contributed by atoms with E-state index in [4.69, 9.17) is 16.6 Å². The predicted molar refractivity (Wildman–Crippen MR) is 51.9 cm³/mol. The Balaban J connectivity index is 2.57. The minimum absolute atomic E-state index is 0.429. The van der Waals surface area contributed by atoms with Gasteiger partial charge in [0.15, 0.2) is 0 Å². The van der Waals surface area contributed by atoms with Crippen molar-refractivity contribution in [3.8, 4) is 10.6 Å². The van der Waals surface area contributed by atoms with Gasteiger partial charge in [-0.05, 0) is 36.2 Å². The molecule has 0 aromatic carbocycles. The third-order valence-corrected chi connectivity index (χ3v) is 2.88. The van der Waals surface area contributed by atoms with Crippen LogP contribution in [0.2, 0.25) is 0 Å². The first-order valence-corrected chi connectivity index (χ1v) is 4.78. The van der Waals surface area contributed by atoms with Crippen LogP contribution < -0.4 is 0 Å². The number of nitrogens with one attached hydrogen (secondary N) is 1. The normalized spacial score (nSPS) is 10.4. The highest BCUT2D eigenvalue weighted by Crippen LogP contribution is 2.27. The van der Waals surface area contributed by atoms with Crippen molar-refractivity contribution in [2.45, 2.75) is 6.92 Å². The number of hydrogen-bond donors (Lipinski definition) is 1. The zero-order valence-corrected chi connectivity index (χ0v) is 8.09. The molecule has 0 amide bonds. The second-order valence-corrected chi connectivity index (χ2v) is 3.78. The lowest BCUT2D eigenvalue weighted by atomic mass is 10.2. The number of oxazole rings is 1. The highest BCUT2D eigenvalue weighted by Gasteiger charge is 2.04. The third-order valence-electron chi connectivity index (χ3n) is 1.63. The molecule has 0 aliphatic heterocycles. The van der Waals surface area contributed by atoms with E-state index in [1.165, 1.54) is 10.4 Å². The quantitative estimate of drug-likeness (QED) is 0.710. The summed E-state index contributed by atoms with van der Waals surface area (Å²) in [6.07, 6.45) is 1.65. The van der Waals surface area contributed by atoms with E-state index in [0.717, 1.165) is 5.69 Å². The van der Waals surface area contributed by atoms with Crippen molar-refractivity contribution < 1.29 is 4.42 Å². The molecule has 0 aliphatic rings. The van der Waals surface area contributed by atoms with Crippen LogP contribution in [0, 0.1) is 11.8 Å². The molecule has 0 aliphatic carbocycles. The Morgan fingerprint density at radius 2 is 2.42 bits per heavy atom. The highest BCUT2D eigenvalue weighted by atomic mass is 32.1. The van der Waals surface area contributed by atoms with Gasteiger partial charge in [-0.1, -0.05) is 0 Å². The molecule has 12 heavy (non-hydrogen) atoms. The fourth-order valence-corrected chi connectivity index (χ4v) is 2.09. The maximum Gasteiger partial charge on any atom is 0.266 e. The summed E-state index contributed by atoms with van der Waals surface area (Å²) in [5.74, 6) is 0. The molecule has 0 atom stereocenters. The Kier molecular flexibility index (Phi) is 1.86. The van der Waals surface area contributed by atoms with Crippen molar-refractivity contribution in [3.63, 3.8) is 0 Å². The fraction of sp³-hybridized carbons (Fsp3) is 0.125. The van der Waals surface area contributed by atoms with Gasteiger partial charge in [0.05, 0.1) is 10.6 Å². The summed E-state index contributed by atoms with van der Waals surface area (Å²) in [6.45, 7) is 2.07. The van der Waals surface area contributed by atoms with Crippen LogP contribution in [0.4, 0.5) is 0 Å². The average Bonchev–Trinajstić information content (AvgIpc) is 2.58. The molecule has 4 heteroatoms. The van der Waals surface area contributed by atoms with Crippen molar-refractivity contribution in [2.24, 2.45) is 0 Å². The summed E-state index contributed by atoms with van der Waals surface area (Å²) in [7, 11) is 0. The van der Waals surface area contributed by atoms with Crippen LogP contribution in [-0.2, 0) is 0 Å². The van der Waals surface area contributed by atoms with E-state index < -0.39 is 0 Å². The van der Waals surface area contributed by atoms with Crippen LogP contribution in [0.3, 0.4) is 0 Å². The van der Waals surface area contributed by atoms with E-state index in [9.17, 15) is 0 Å². The van der Waals surface area contributed by atoms with Gasteiger partial charge in [0.1, 0.15) is 6.26 Å². The van der Waals surface area contributed by atoms with Crippen LogP contribution >= 0.6 is 23.6 Å². The molecule has 0 radical (unpaired) electrons. The van der Waals surface area contributed by atoms with Gasteiger partial charge in [0, 0.05) is 0 Å². The number of aromatic nitrogens is 1. The summed E-state index contributed by atoms with van der Waals surface area (Å²) in [6, 6.07) is 2.07. The molecule has 62 valence electrons. The summed E-state index contributed by atoms with van der Waals surface area (Å²) in [4.78, 5) is 4.60. The number of H-pyrrole nitrogens is 1. The van der Waals surface area contributed by atoms with Gasteiger partial charge >= 0.3 is 0 Å². The minimum atomic E-state index is 0.429. The van der Waals surface area contributed by atoms with Crippen LogP contribution in [0.25, 0.3) is 10.6 Å². The first-order valence-electron chi connectivity index (χ1n) is 3.49. The van der Waals surface area contributed by atoms with Crippen molar-refractivity contribution in [2.75, 3.05) is 0 Å². The fourth-order valence-electron chi connectivity index (χ4n) is 1.04. The largest absolute Gasteiger partial charge is 0.437 e. The highest BCUT2D eigenvalue weighted by molar-refractivity contribution is 7.71. The molecule has 2 nitrogen and oxygen atoms in total. The first kappa shape index (κ1) is 7.76. The van der Waals surface area contributed by atoms with Crippen molar-refractivity contribution in [1.29, 1.82) is 0 Å². The molecule has 2 aromatic rings. The average molecular weight is 197 g/mol. The predicted octanol–water partition coefficient (Wildman–Crippen LogP) is 3.37. The summed E-state index contributed by atoms with van der Waals surface area (Å²) in [5.41, 5.74) is 2.21. The standard InChI is InChI=1S/C8H7NOS2/c1-5-2-3-12-7(5)6-4-10-8(11)9-6/h2-4H,1H3,(H,9,11). The third kappa shape index (κ3) is 1.23. The van der Waals surface area contributed by atoms with Crippen LogP contribution in [0.15, 0.2) is 22.1 Å². The van der Waals surface area contributed by atoms with Gasteiger partial charge in [0.25, 0.3) is 4.84 Å². The van der Waals surface area contributed by atoms with Crippen molar-refractivity contribution >= 4 is 23.6 Å². The van der Waals surface area contributed by atoms with E-state index >= 15 is 0 Å². The maximum atomic E-state index is 5.01. The topological polar surface area (TPSA) is 28.9 Å². The van der Waals surface area contributed by atoms with Crippen molar-refractivity contribution in [1.82, 2.24) is 4.98 Å². The minimum Gasteiger partial charge on any atom is -0.437 e. The molecule has 0 unspecified atom stereocenters. The Hall–Kier alpha value is -0.870. The van der Waals surface area contributed by atoms with E-state index in [1.807, 2.05) is 0 Å². The summed E-state index contributed by atoms with van der Waals surface area (Å²) < 4.78 is 5.01. The number of hydrogen-bond acceptors (Lipinski definition) is 3. The van der Waals surface area contributed by atoms with Gasteiger partial charge in [-0.25, -0.2) is 0 Å². The van der Waals surface area contributed by atoms with Crippen LogP contribution in [-0.4, -0.2) is 4.98 Å². The van der Waals surface area contributed by atoms with Gasteiger partial charge < -0.3 is 9.40 Å². The van der Waals surface area contributed by atoms with Crippen LogP contribution in [0.1, 0.15) is 5.56 Å². The molecule has 1 N–H and O–H groups in total. The molecular formula is C8H7NOS2. The lowest BCUT2D eigenvalue weighted by Gasteiger charge is -1.90. The second-order valence-electron chi connectivity index (χ2n) is 2.49. The second kappa shape index (κ2) is 2.88. The zero-order valence-electron chi connectivity index (χ0n) is 6.46. The molecule has 0 fully saturated rings. The Morgan fingerprint density at radius 3 is 2.92 bits per heavy atom. The molecule has 2 aromatic heterocycles. The number of aromatic amines is 1. The molecule has 0 saturated carbocycles. The van der Waals surface area contributed by atoms with Gasteiger partial charge in [0.2, 0.25) is 0 Å². The van der Waals surface area contributed by atoms with E-state index in [2.05, 4.69) is 23.4 Å². The zero-order chi connectivity index (χ0) is 8.55. The molecule has 2 rings (SSSR count). The molecule has 0 bridgehead atoms. The first-order chi connectivity index (χ1) is 5.77. The SMILES string of the molecule is Cc1ccsc1-c1coc(=S)[nH]1. The smallest absolute Gasteiger partial charge is 0.266 e. The Bertz CT molecular complexity index is 438. The number of aryl methyl sites for hydroxylation is 1. The van der Waals surface area contributed by atoms with Crippen molar-refractivity contribution in [3.05, 3.63) is 28.1 Å². The van der Waals surface area contributed by atoms with Gasteiger partial charge in [-0.15, -0.1) is 11.3 Å². The Morgan fingerprint density at radius 1 is 1.58 bits per heavy atom. The monoisotopic (exact) mass is 197 g/mol. The van der Waals surface area contributed by atoms with E-state index in [-0.39, 0.29) is 0 Å². The molecule has 2 heterocycles. The van der Waals surface area contributed by atoms with E-state index in [0.29, 0.717) is 4.84 Å². The van der Waals surface area contributed by atoms with Gasteiger partial charge in [-0.3, -0.25) is 0 Å². The Labute approximate surface area is 78.9 Å². The lowest BCUT2D eigenvalue weighted by Crippen LogP contribution is -1.73. The lowest BCUT2D eigenvalue weighted by molar-refractivity contribution is 0.541. The maximum absolute atomic E-state index is 5.01. The molecular weight excluding hydrogens is 190 g/mol. The molecule has 0 saturated heterocycles. The van der Waals surface area contributed by atoms with Gasteiger partial charge in [-0.2, -0.15) is 0 Å². The molecule has 0 spiro atoms.